The van der Waals surface area contributed by atoms with E-state index in [-0.39, 0.29) is 54.0 Å². The van der Waals surface area contributed by atoms with Gasteiger partial charge in [0, 0.05) is 50.4 Å². The van der Waals surface area contributed by atoms with Crippen molar-refractivity contribution in [2.75, 3.05) is 31.5 Å². The Hall–Kier alpha value is -6.10. The predicted octanol–water partition coefficient (Wildman–Crippen LogP) is 4.37. The van der Waals surface area contributed by atoms with Crippen LogP contribution >= 0.6 is 0 Å². The lowest BCUT2D eigenvalue weighted by Gasteiger charge is -2.40. The van der Waals surface area contributed by atoms with Gasteiger partial charge in [-0.25, -0.2) is 27.3 Å². The molecular formula is C40H41F3N6O8. The Morgan fingerprint density at radius 1 is 1.04 bits per heavy atom. The molecular weight excluding hydrogens is 749 g/mol. The molecule has 57 heavy (non-hydrogen) atoms. The first-order chi connectivity index (χ1) is 26.9. The van der Waals surface area contributed by atoms with Crippen molar-refractivity contribution < 1.29 is 41.8 Å². The molecule has 5 aromatic rings. The SMILES string of the molecule is Cc1cc(N2CCOC[C@@H]2C(C)(F)F)cc(F)c1C(=O)N[C@@H](Cc1ccc(-n2c(=O)c3ccncc3n(C)c2=O)c2ncccc12)C(=O)OCOC(=O)C(C)(C)C. The van der Waals surface area contributed by atoms with E-state index in [2.05, 4.69) is 15.3 Å². The van der Waals surface area contributed by atoms with Crippen LogP contribution in [-0.2, 0) is 37.3 Å². The Labute approximate surface area is 324 Å². The number of ether oxygens (including phenoxy) is 3. The number of nitrogens with zero attached hydrogens (tertiary/aromatic N) is 5. The largest absolute Gasteiger partial charge is 0.427 e. The van der Waals surface area contributed by atoms with Crippen LogP contribution in [0.15, 0.2) is 70.6 Å². The number of carbonyl (C=O) groups excluding carboxylic acids is 3. The summed E-state index contributed by atoms with van der Waals surface area (Å²) in [6.07, 6.45) is 4.04. The Morgan fingerprint density at radius 3 is 2.49 bits per heavy atom. The average molecular weight is 791 g/mol. The number of halogens is 3. The lowest BCUT2D eigenvalue weighted by atomic mass is 9.98. The summed E-state index contributed by atoms with van der Waals surface area (Å²) in [5.41, 5.74) is -1.26. The van der Waals surface area contributed by atoms with Gasteiger partial charge in [0.15, 0.2) is 0 Å². The first-order valence-corrected chi connectivity index (χ1v) is 18.0. The highest BCUT2D eigenvalue weighted by atomic mass is 19.3. The van der Waals surface area contributed by atoms with Crippen molar-refractivity contribution in [3.05, 3.63) is 104 Å². The molecule has 0 saturated carbocycles. The molecule has 0 aliphatic carbocycles. The van der Waals surface area contributed by atoms with Gasteiger partial charge in [0.2, 0.25) is 6.79 Å². The van der Waals surface area contributed by atoms with Gasteiger partial charge < -0.3 is 24.4 Å². The number of carbonyl (C=O) groups is 3. The molecule has 14 nitrogen and oxygen atoms in total. The summed E-state index contributed by atoms with van der Waals surface area (Å²) in [4.78, 5) is 76.9. The van der Waals surface area contributed by atoms with Crippen LogP contribution in [0, 0.1) is 18.2 Å². The Kier molecular flexibility index (Phi) is 11.2. The van der Waals surface area contributed by atoms with Crippen molar-refractivity contribution >= 4 is 45.3 Å². The maximum Gasteiger partial charge on any atom is 0.335 e. The molecule has 0 radical (unpaired) electrons. The van der Waals surface area contributed by atoms with Crippen LogP contribution in [0.4, 0.5) is 18.9 Å². The van der Waals surface area contributed by atoms with E-state index in [1.54, 1.807) is 39.0 Å². The van der Waals surface area contributed by atoms with Gasteiger partial charge >= 0.3 is 17.6 Å². The number of hydrogen-bond acceptors (Lipinski definition) is 11. The molecule has 2 atom stereocenters. The minimum absolute atomic E-state index is 0.0649. The normalized spacial score (nSPS) is 15.4. The lowest BCUT2D eigenvalue weighted by molar-refractivity contribution is -0.174. The van der Waals surface area contributed by atoms with E-state index in [1.165, 1.54) is 60.2 Å². The number of aromatic nitrogens is 4. The third kappa shape index (κ3) is 8.24. The summed E-state index contributed by atoms with van der Waals surface area (Å²) in [7, 11) is 1.50. The standard InChI is InChI=1S/C40H41F3N6O8/c1-22-16-24(48-14-15-55-20-31(48)40(5,42)43)18-27(41)32(22)34(50)46-28(36(52)56-21-57-37(53)39(2,3)4)17-23-9-10-29(33-25(23)8-7-12-45-33)49-35(51)26-11-13-44-19-30(26)47(6)38(49)54/h7-13,16,18-19,28,31H,14-15,17,20-21H2,1-6H3,(H,46,50)/t28-,31+/m0/s1. The van der Waals surface area contributed by atoms with Crippen LogP contribution in [0.1, 0.15) is 49.2 Å². The zero-order valence-electron chi connectivity index (χ0n) is 32.1. The number of pyridine rings is 2. The number of aryl methyl sites for hydroxylation is 2. The Bertz CT molecular complexity index is 2490. The van der Waals surface area contributed by atoms with Crippen molar-refractivity contribution in [3.8, 4) is 5.69 Å². The summed E-state index contributed by atoms with van der Waals surface area (Å²) in [6, 6.07) is 7.31. The molecule has 1 N–H and O–H groups in total. The van der Waals surface area contributed by atoms with Crippen molar-refractivity contribution in [1.82, 2.24) is 24.4 Å². The Morgan fingerprint density at radius 2 is 1.79 bits per heavy atom. The number of hydrogen-bond donors (Lipinski definition) is 1. The number of fused-ring (bicyclic) bond motifs is 2. The van der Waals surface area contributed by atoms with Gasteiger partial charge in [-0.3, -0.25) is 28.9 Å². The van der Waals surface area contributed by atoms with Crippen LogP contribution in [0.3, 0.4) is 0 Å². The number of alkyl halides is 2. The van der Waals surface area contributed by atoms with Crippen molar-refractivity contribution in [2.45, 2.75) is 59.0 Å². The summed E-state index contributed by atoms with van der Waals surface area (Å²) in [5, 5.41) is 3.18. The molecule has 1 aliphatic rings. The molecule has 3 aromatic heterocycles. The van der Waals surface area contributed by atoms with E-state index < -0.39 is 70.7 Å². The van der Waals surface area contributed by atoms with E-state index in [1.807, 2.05) is 0 Å². The molecule has 6 rings (SSSR count). The quantitative estimate of drug-likeness (QED) is 0.158. The maximum absolute atomic E-state index is 15.9. The number of morpholine rings is 1. The van der Waals surface area contributed by atoms with Crippen LogP contribution < -0.4 is 21.5 Å². The highest BCUT2D eigenvalue weighted by Crippen LogP contribution is 2.32. The highest BCUT2D eigenvalue weighted by molar-refractivity contribution is 5.99. The number of amides is 1. The minimum Gasteiger partial charge on any atom is -0.427 e. The van der Waals surface area contributed by atoms with E-state index in [4.69, 9.17) is 14.2 Å². The minimum atomic E-state index is -3.17. The zero-order chi connectivity index (χ0) is 41.4. The topological polar surface area (TPSA) is 164 Å². The first kappa shape index (κ1) is 40.6. The molecule has 2 aromatic carbocycles. The summed E-state index contributed by atoms with van der Waals surface area (Å²) in [6.45, 7) is 6.16. The second kappa shape index (κ2) is 15.8. The fourth-order valence-corrected chi connectivity index (χ4v) is 6.70. The fourth-order valence-electron chi connectivity index (χ4n) is 6.70. The molecule has 0 bridgehead atoms. The first-order valence-electron chi connectivity index (χ1n) is 18.0. The fraction of sp³-hybridized carbons (Fsp3) is 0.375. The molecule has 1 amide bonds. The van der Waals surface area contributed by atoms with Gasteiger partial charge in [0.1, 0.15) is 17.9 Å². The predicted molar refractivity (Wildman–Crippen MR) is 203 cm³/mol. The summed E-state index contributed by atoms with van der Waals surface area (Å²) < 4.78 is 62.7. The van der Waals surface area contributed by atoms with Crippen LogP contribution in [0.25, 0.3) is 27.5 Å². The number of nitrogens with one attached hydrogen (secondary N) is 1. The number of rotatable bonds is 10. The lowest BCUT2D eigenvalue weighted by Crippen LogP contribution is -2.54. The number of anilines is 1. The molecule has 0 spiro atoms. The number of esters is 2. The second-order valence-corrected chi connectivity index (χ2v) is 14.9. The van der Waals surface area contributed by atoms with E-state index >= 15 is 4.39 Å². The van der Waals surface area contributed by atoms with Gasteiger partial charge in [-0.2, -0.15) is 0 Å². The number of benzene rings is 2. The molecule has 1 saturated heterocycles. The molecule has 17 heteroatoms. The molecule has 0 unspecified atom stereocenters. The van der Waals surface area contributed by atoms with E-state index in [0.29, 0.717) is 16.5 Å². The van der Waals surface area contributed by atoms with Crippen molar-refractivity contribution in [2.24, 2.45) is 12.5 Å². The van der Waals surface area contributed by atoms with E-state index in [9.17, 15) is 32.8 Å². The Balaban J connectivity index is 1.36. The summed E-state index contributed by atoms with van der Waals surface area (Å²) in [5.74, 6) is -6.89. The van der Waals surface area contributed by atoms with Crippen LogP contribution in [0.5, 0.6) is 0 Å². The van der Waals surface area contributed by atoms with Gasteiger partial charge in [-0.1, -0.05) is 12.1 Å². The molecule has 4 heterocycles. The van der Waals surface area contributed by atoms with Crippen LogP contribution in [-0.4, -0.2) is 81.5 Å². The third-order valence-corrected chi connectivity index (χ3v) is 9.71. The van der Waals surface area contributed by atoms with Crippen molar-refractivity contribution in [3.63, 3.8) is 0 Å². The smallest absolute Gasteiger partial charge is 0.335 e. The van der Waals surface area contributed by atoms with Gasteiger partial charge in [0.05, 0.1) is 52.5 Å². The summed E-state index contributed by atoms with van der Waals surface area (Å²) >= 11 is 0. The highest BCUT2D eigenvalue weighted by Gasteiger charge is 2.41. The zero-order valence-corrected chi connectivity index (χ0v) is 32.1. The van der Waals surface area contributed by atoms with Gasteiger partial charge in [0.25, 0.3) is 17.4 Å². The third-order valence-electron chi connectivity index (χ3n) is 9.71. The van der Waals surface area contributed by atoms with Crippen molar-refractivity contribution in [1.29, 1.82) is 0 Å². The van der Waals surface area contributed by atoms with E-state index in [0.717, 1.165) is 17.6 Å². The average Bonchev–Trinajstić information content (AvgIpc) is 3.16. The monoisotopic (exact) mass is 790 g/mol. The molecule has 1 aliphatic heterocycles. The molecule has 1 fully saturated rings. The van der Waals surface area contributed by atoms with Crippen LogP contribution in [0.2, 0.25) is 0 Å². The second-order valence-electron chi connectivity index (χ2n) is 14.9. The van der Waals surface area contributed by atoms with Gasteiger partial charge in [-0.15, -0.1) is 0 Å². The molecule has 300 valence electrons. The van der Waals surface area contributed by atoms with Gasteiger partial charge in [-0.05, 0) is 69.2 Å². The maximum atomic E-state index is 15.9.